The summed E-state index contributed by atoms with van der Waals surface area (Å²) in [6.07, 6.45) is 12.6. The molecule has 32 heavy (non-hydrogen) atoms. The maximum atomic E-state index is 12.0. The van der Waals surface area contributed by atoms with Gasteiger partial charge in [0.2, 0.25) is 11.8 Å². The minimum absolute atomic E-state index is 0.0719. The second kappa shape index (κ2) is 14.5. The molecule has 0 heterocycles. The monoisotopic (exact) mass is 454 g/mol. The third kappa shape index (κ3) is 13.0. The van der Waals surface area contributed by atoms with Crippen molar-refractivity contribution >= 4 is 17.8 Å². The molecule has 0 aliphatic heterocycles. The van der Waals surface area contributed by atoms with E-state index in [9.17, 15) is 14.4 Å². The molecule has 1 rings (SSSR count). The van der Waals surface area contributed by atoms with E-state index in [0.717, 1.165) is 12.3 Å². The fourth-order valence-corrected chi connectivity index (χ4v) is 3.86. The Morgan fingerprint density at radius 1 is 0.875 bits per heavy atom. The van der Waals surface area contributed by atoms with Crippen molar-refractivity contribution in [1.82, 2.24) is 10.6 Å². The molecular weight excluding hydrogens is 408 g/mol. The van der Waals surface area contributed by atoms with Gasteiger partial charge < -0.3 is 20.5 Å². The molecule has 0 unspecified atom stereocenters. The molecule has 7 nitrogen and oxygen atoms in total. The number of aliphatic carboxylic acids is 1. The summed E-state index contributed by atoms with van der Waals surface area (Å²) in [6.45, 7) is 8.21. The summed E-state index contributed by atoms with van der Waals surface area (Å²) in [6, 6.07) is 0. The maximum absolute atomic E-state index is 12.0. The first-order valence-corrected chi connectivity index (χ1v) is 12.4. The first-order valence-electron chi connectivity index (χ1n) is 12.4. The van der Waals surface area contributed by atoms with Gasteiger partial charge in [-0.1, -0.05) is 44.9 Å². The van der Waals surface area contributed by atoms with Crippen molar-refractivity contribution in [2.45, 2.75) is 110 Å². The van der Waals surface area contributed by atoms with Gasteiger partial charge >= 0.3 is 5.97 Å². The molecule has 0 spiro atoms. The van der Waals surface area contributed by atoms with Crippen molar-refractivity contribution in [3.8, 4) is 0 Å². The summed E-state index contributed by atoms with van der Waals surface area (Å²) >= 11 is 0. The average molecular weight is 455 g/mol. The summed E-state index contributed by atoms with van der Waals surface area (Å²) in [4.78, 5) is 35.2. The zero-order valence-corrected chi connectivity index (χ0v) is 20.8. The van der Waals surface area contributed by atoms with Crippen LogP contribution in [0.15, 0.2) is 0 Å². The minimum Gasteiger partial charge on any atom is -0.481 e. The van der Waals surface area contributed by atoms with Crippen LogP contribution in [0.4, 0.5) is 0 Å². The summed E-state index contributed by atoms with van der Waals surface area (Å²) in [5, 5.41) is 14.9. The largest absolute Gasteiger partial charge is 0.481 e. The molecule has 0 bridgehead atoms. The number of carboxylic acid groups (broad SMARTS) is 1. The lowest BCUT2D eigenvalue weighted by Crippen LogP contribution is -2.38. The number of carbonyl (C=O) groups excluding carboxylic acids is 2. The molecule has 0 aromatic carbocycles. The van der Waals surface area contributed by atoms with E-state index in [4.69, 9.17) is 9.84 Å². The van der Waals surface area contributed by atoms with E-state index < -0.39 is 17.0 Å². The first kappa shape index (κ1) is 28.4. The molecule has 7 heteroatoms. The molecule has 186 valence electrons. The van der Waals surface area contributed by atoms with Gasteiger partial charge in [0.15, 0.2) is 0 Å². The Hall–Kier alpha value is -1.63. The van der Waals surface area contributed by atoms with Gasteiger partial charge in [0.25, 0.3) is 0 Å². The summed E-state index contributed by atoms with van der Waals surface area (Å²) in [5.41, 5.74) is -1.50. The van der Waals surface area contributed by atoms with Crippen molar-refractivity contribution in [2.75, 3.05) is 19.7 Å². The van der Waals surface area contributed by atoms with Crippen LogP contribution in [0.5, 0.6) is 0 Å². The third-order valence-corrected chi connectivity index (χ3v) is 6.37. The highest BCUT2D eigenvalue weighted by Gasteiger charge is 2.30. The number of rotatable bonds is 14. The second-order valence-electron chi connectivity index (χ2n) is 10.5. The highest BCUT2D eigenvalue weighted by atomic mass is 16.5. The summed E-state index contributed by atoms with van der Waals surface area (Å²) in [7, 11) is 0. The number of amides is 2. The Bertz CT molecular complexity index is 581. The number of carboxylic acids is 1. The third-order valence-electron chi connectivity index (χ3n) is 6.37. The van der Waals surface area contributed by atoms with Crippen LogP contribution in [0, 0.1) is 11.3 Å². The summed E-state index contributed by atoms with van der Waals surface area (Å²) < 4.78 is 5.75. The van der Waals surface area contributed by atoms with Crippen molar-refractivity contribution < 1.29 is 24.2 Å². The number of nitrogens with one attached hydrogen (secondary N) is 2. The fourth-order valence-electron chi connectivity index (χ4n) is 3.86. The van der Waals surface area contributed by atoms with Gasteiger partial charge in [0.05, 0.1) is 17.6 Å². The molecule has 1 aliphatic carbocycles. The number of hydrogen-bond donors (Lipinski definition) is 3. The van der Waals surface area contributed by atoms with E-state index in [1.54, 1.807) is 13.8 Å². The molecule has 0 aromatic rings. The molecule has 0 radical (unpaired) electrons. The Morgan fingerprint density at radius 3 is 1.97 bits per heavy atom. The molecule has 1 aliphatic rings. The van der Waals surface area contributed by atoms with E-state index in [0.29, 0.717) is 19.5 Å². The average Bonchev–Trinajstić information content (AvgIpc) is 2.69. The van der Waals surface area contributed by atoms with Crippen LogP contribution in [0.1, 0.15) is 105 Å². The van der Waals surface area contributed by atoms with E-state index in [2.05, 4.69) is 10.6 Å². The topological polar surface area (TPSA) is 105 Å². The van der Waals surface area contributed by atoms with Gasteiger partial charge in [-0.05, 0) is 52.9 Å². The molecule has 0 atom stereocenters. The van der Waals surface area contributed by atoms with Gasteiger partial charge in [0, 0.05) is 25.9 Å². The lowest BCUT2D eigenvalue weighted by Gasteiger charge is -2.29. The Labute approximate surface area is 194 Å². The van der Waals surface area contributed by atoms with Gasteiger partial charge in [-0.15, -0.1) is 0 Å². The highest BCUT2D eigenvalue weighted by molar-refractivity contribution is 5.83. The van der Waals surface area contributed by atoms with Crippen molar-refractivity contribution in [3.63, 3.8) is 0 Å². The number of ether oxygens (including phenoxy) is 1. The molecule has 2 amide bonds. The van der Waals surface area contributed by atoms with E-state index in [-0.39, 0.29) is 31.3 Å². The van der Waals surface area contributed by atoms with Crippen LogP contribution in [0.25, 0.3) is 0 Å². The normalized spacial score (nSPS) is 16.1. The van der Waals surface area contributed by atoms with Crippen LogP contribution < -0.4 is 10.6 Å². The Balaban J connectivity index is 2.11. The van der Waals surface area contributed by atoms with Crippen molar-refractivity contribution in [1.29, 1.82) is 0 Å². The maximum Gasteiger partial charge on any atom is 0.311 e. The van der Waals surface area contributed by atoms with Crippen LogP contribution in [-0.2, 0) is 19.1 Å². The molecule has 0 saturated heterocycles. The molecule has 1 saturated carbocycles. The standard InChI is InChI=1S/C25H46N2O5/c1-24(2,23(30)31)19-32-25(3,4)16-18-27-22(29)15-14-21(28)26-17-10-13-20-11-8-6-5-7-9-12-20/h20H,5-19H2,1-4H3,(H,26,28)(H,27,29)(H,30,31). The van der Waals surface area contributed by atoms with Crippen LogP contribution in [0.2, 0.25) is 0 Å². The van der Waals surface area contributed by atoms with Gasteiger partial charge in [-0.3, -0.25) is 14.4 Å². The predicted molar refractivity (Wildman–Crippen MR) is 126 cm³/mol. The van der Waals surface area contributed by atoms with E-state index in [1.807, 2.05) is 13.8 Å². The van der Waals surface area contributed by atoms with Crippen molar-refractivity contribution in [2.24, 2.45) is 11.3 Å². The molecule has 1 fully saturated rings. The SMILES string of the molecule is CC(C)(CCNC(=O)CCC(=O)NCCCC1CCCCCCC1)OCC(C)(C)C(=O)O. The quantitative estimate of drug-likeness (QED) is 0.337. The molecular formula is C25H46N2O5. The zero-order chi connectivity index (χ0) is 24.0. The number of carbonyl (C=O) groups is 3. The summed E-state index contributed by atoms with van der Waals surface area (Å²) in [5.74, 6) is -0.324. The van der Waals surface area contributed by atoms with Crippen LogP contribution in [0.3, 0.4) is 0 Å². The van der Waals surface area contributed by atoms with E-state index in [1.165, 1.54) is 51.4 Å². The lowest BCUT2D eigenvalue weighted by molar-refractivity contribution is -0.154. The highest BCUT2D eigenvalue weighted by Crippen LogP contribution is 2.25. The van der Waals surface area contributed by atoms with Crippen molar-refractivity contribution in [3.05, 3.63) is 0 Å². The number of hydrogen-bond acceptors (Lipinski definition) is 4. The smallest absolute Gasteiger partial charge is 0.311 e. The van der Waals surface area contributed by atoms with Gasteiger partial charge in [-0.2, -0.15) is 0 Å². The molecule has 0 aromatic heterocycles. The Morgan fingerprint density at radius 2 is 1.41 bits per heavy atom. The van der Waals surface area contributed by atoms with Gasteiger partial charge in [0.1, 0.15) is 0 Å². The fraction of sp³-hybridized carbons (Fsp3) is 0.880. The second-order valence-corrected chi connectivity index (χ2v) is 10.5. The first-order chi connectivity index (χ1) is 15.0. The van der Waals surface area contributed by atoms with Crippen LogP contribution in [-0.4, -0.2) is 48.2 Å². The Kier molecular flexibility index (Phi) is 12.9. The zero-order valence-electron chi connectivity index (χ0n) is 20.8. The minimum atomic E-state index is -0.955. The lowest BCUT2D eigenvalue weighted by atomic mass is 9.88. The van der Waals surface area contributed by atoms with Crippen LogP contribution >= 0.6 is 0 Å². The van der Waals surface area contributed by atoms with E-state index >= 15 is 0 Å². The van der Waals surface area contributed by atoms with Gasteiger partial charge in [-0.25, -0.2) is 0 Å². The predicted octanol–water partition coefficient (Wildman–Crippen LogP) is 4.44. The molecule has 3 N–H and O–H groups in total.